The summed E-state index contributed by atoms with van der Waals surface area (Å²) in [5.74, 6) is -5.64. The average molecular weight is 478 g/mol. The third-order valence-electron chi connectivity index (χ3n) is 6.09. The van der Waals surface area contributed by atoms with Gasteiger partial charge in [0.1, 0.15) is 12.1 Å². The van der Waals surface area contributed by atoms with Crippen LogP contribution in [0.25, 0.3) is 16.8 Å². The minimum atomic E-state index is -3.57. The number of carbonyl (C=O) groups is 2. The zero-order valence-corrected chi connectivity index (χ0v) is 18.7. The van der Waals surface area contributed by atoms with E-state index >= 15 is 0 Å². The van der Waals surface area contributed by atoms with Crippen LogP contribution in [-0.4, -0.2) is 33.2 Å². The number of halogens is 3. The van der Waals surface area contributed by atoms with Gasteiger partial charge in [-0.25, -0.2) is 9.37 Å². The molecule has 6 nitrogen and oxygen atoms in total. The fraction of sp³-hybridized carbons (Fsp3) is 0.192. The third-order valence-corrected chi connectivity index (χ3v) is 6.09. The van der Waals surface area contributed by atoms with Gasteiger partial charge in [0.15, 0.2) is 0 Å². The lowest BCUT2D eigenvalue weighted by Gasteiger charge is -2.29. The minimum absolute atomic E-state index is 0.121. The number of amides is 2. The van der Waals surface area contributed by atoms with Crippen LogP contribution in [0.4, 0.5) is 18.9 Å². The van der Waals surface area contributed by atoms with Crippen LogP contribution >= 0.6 is 0 Å². The van der Waals surface area contributed by atoms with Gasteiger partial charge in [-0.1, -0.05) is 30.3 Å². The lowest BCUT2D eigenvalue weighted by molar-refractivity contribution is -0.143. The number of fused-ring (bicyclic) bond motifs is 1. The molecule has 5 rings (SSSR count). The maximum atomic E-state index is 13.6. The smallest absolute Gasteiger partial charge is 0.321 e. The number of hydrogen-bond acceptors (Lipinski definition) is 3. The first-order valence-electron chi connectivity index (χ1n) is 11.0. The Labute approximate surface area is 199 Å². The van der Waals surface area contributed by atoms with E-state index < -0.39 is 23.9 Å². The van der Waals surface area contributed by atoms with Crippen molar-refractivity contribution in [2.45, 2.75) is 31.4 Å². The highest BCUT2D eigenvalue weighted by Crippen LogP contribution is 2.38. The van der Waals surface area contributed by atoms with Gasteiger partial charge < -0.3 is 14.6 Å². The van der Waals surface area contributed by atoms with Crippen LogP contribution in [0.3, 0.4) is 0 Å². The number of alkyl halides is 2. The van der Waals surface area contributed by atoms with Crippen molar-refractivity contribution >= 4 is 23.0 Å². The first-order chi connectivity index (χ1) is 16.7. The van der Waals surface area contributed by atoms with E-state index in [1.165, 1.54) is 17.0 Å². The maximum absolute atomic E-state index is 13.6. The van der Waals surface area contributed by atoms with Crippen LogP contribution in [0, 0.1) is 5.82 Å². The van der Waals surface area contributed by atoms with Crippen molar-refractivity contribution in [3.05, 3.63) is 90.6 Å². The molecular weight excluding hydrogens is 457 g/mol. The highest BCUT2D eigenvalue weighted by atomic mass is 19.3. The van der Waals surface area contributed by atoms with Gasteiger partial charge in [-0.3, -0.25) is 9.59 Å². The van der Waals surface area contributed by atoms with E-state index in [0.717, 1.165) is 11.1 Å². The van der Waals surface area contributed by atoms with Crippen LogP contribution in [0.1, 0.15) is 24.9 Å². The molecule has 3 heterocycles. The lowest BCUT2D eigenvalue weighted by Crippen LogP contribution is -2.46. The summed E-state index contributed by atoms with van der Waals surface area (Å²) in [5, 5.41) is 2.36. The van der Waals surface area contributed by atoms with Gasteiger partial charge in [0.05, 0.1) is 29.0 Å². The molecule has 1 N–H and O–H groups in total. The van der Waals surface area contributed by atoms with Crippen LogP contribution < -0.4 is 10.2 Å². The predicted molar refractivity (Wildman–Crippen MR) is 124 cm³/mol. The van der Waals surface area contributed by atoms with E-state index in [-0.39, 0.29) is 18.1 Å². The number of hydrogen-bond donors (Lipinski definition) is 1. The summed E-state index contributed by atoms with van der Waals surface area (Å²) in [6.07, 6.45) is 3.19. The molecular formula is C26H21F3N4O2. The van der Waals surface area contributed by atoms with Gasteiger partial charge >= 0.3 is 5.92 Å². The molecule has 1 unspecified atom stereocenters. The van der Waals surface area contributed by atoms with Gasteiger partial charge in [-0.15, -0.1) is 0 Å². The Morgan fingerprint density at radius 1 is 1.06 bits per heavy atom. The lowest BCUT2D eigenvalue weighted by atomic mass is 9.99. The summed E-state index contributed by atoms with van der Waals surface area (Å²) in [4.78, 5) is 31.1. The van der Waals surface area contributed by atoms with Crippen molar-refractivity contribution in [3.63, 3.8) is 0 Å². The number of imidazole rings is 1. The number of nitrogens with zero attached hydrogens (tertiary/aromatic N) is 3. The fourth-order valence-electron chi connectivity index (χ4n) is 4.46. The normalized spacial score (nSPS) is 18.3. The Hall–Kier alpha value is -4.14. The monoisotopic (exact) mass is 478 g/mol. The largest absolute Gasteiger partial charge is 0.345 e. The molecule has 2 aromatic carbocycles. The number of rotatable bonds is 5. The minimum Gasteiger partial charge on any atom is -0.345 e. The average Bonchev–Trinajstić information content (AvgIpc) is 3.39. The topological polar surface area (TPSA) is 66.7 Å². The Kier molecular flexibility index (Phi) is 5.55. The number of pyridine rings is 1. The second-order valence-electron chi connectivity index (χ2n) is 8.57. The number of benzene rings is 2. The van der Waals surface area contributed by atoms with Crippen molar-refractivity contribution in [3.8, 4) is 11.3 Å². The summed E-state index contributed by atoms with van der Waals surface area (Å²) < 4.78 is 42.3. The van der Waals surface area contributed by atoms with Crippen LogP contribution in [-0.2, 0) is 9.59 Å². The molecule has 1 fully saturated rings. The molecule has 0 aliphatic carbocycles. The van der Waals surface area contributed by atoms with E-state index in [9.17, 15) is 22.8 Å². The number of nitrogens with one attached hydrogen (secondary N) is 1. The molecule has 2 atom stereocenters. The van der Waals surface area contributed by atoms with Crippen molar-refractivity contribution < 1.29 is 22.8 Å². The zero-order valence-electron chi connectivity index (χ0n) is 18.7. The number of carbonyl (C=O) groups excluding carboxylic acids is 2. The SMILES string of the molecule is CC(F)(F)C(=O)NC1CC(=O)N(c2ccc3c(-c4ccc(F)cc4)ncn3c2)[C@H]1c1ccccc1. The molecule has 0 spiro atoms. The van der Waals surface area contributed by atoms with E-state index in [1.54, 1.807) is 65.5 Å². The second kappa shape index (κ2) is 8.57. The van der Waals surface area contributed by atoms with E-state index in [1.807, 2.05) is 6.07 Å². The Balaban J connectivity index is 1.53. The molecule has 2 aromatic heterocycles. The highest BCUT2D eigenvalue weighted by molar-refractivity contribution is 5.98. The standard InChI is InChI=1S/C26H21F3N4O2/c1-26(28,29)25(35)31-20-13-22(34)33(24(20)17-5-3-2-4-6-17)19-11-12-21-23(30-15-32(21)14-19)16-7-9-18(27)10-8-16/h2-12,14-15,20,24H,13H2,1H3,(H,31,35)/t20?,24-/m0/s1. The van der Waals surface area contributed by atoms with Gasteiger partial charge in [0.25, 0.3) is 5.91 Å². The van der Waals surface area contributed by atoms with Crippen LogP contribution in [0.15, 0.2) is 79.3 Å². The summed E-state index contributed by atoms with van der Waals surface area (Å²) in [6, 6.07) is 17.0. The number of aromatic nitrogens is 2. The second-order valence-corrected chi connectivity index (χ2v) is 8.57. The van der Waals surface area contributed by atoms with Crippen LogP contribution in [0.2, 0.25) is 0 Å². The van der Waals surface area contributed by atoms with Crippen molar-refractivity contribution in [1.29, 1.82) is 0 Å². The molecule has 0 bridgehead atoms. The highest BCUT2D eigenvalue weighted by Gasteiger charge is 2.45. The Morgan fingerprint density at radius 3 is 2.46 bits per heavy atom. The van der Waals surface area contributed by atoms with E-state index in [2.05, 4.69) is 10.3 Å². The van der Waals surface area contributed by atoms with Crippen molar-refractivity contribution in [1.82, 2.24) is 14.7 Å². The molecule has 0 radical (unpaired) electrons. The molecule has 178 valence electrons. The Bertz CT molecular complexity index is 1400. The zero-order chi connectivity index (χ0) is 24.7. The molecule has 1 aliphatic rings. The predicted octanol–water partition coefficient (Wildman–Crippen LogP) is 4.76. The summed E-state index contributed by atoms with van der Waals surface area (Å²) in [7, 11) is 0. The molecule has 4 aromatic rings. The first kappa shape index (κ1) is 22.6. The maximum Gasteiger partial charge on any atom is 0.321 e. The number of anilines is 1. The summed E-state index contributed by atoms with van der Waals surface area (Å²) in [5.41, 5.74) is 3.38. The summed E-state index contributed by atoms with van der Waals surface area (Å²) >= 11 is 0. The molecule has 9 heteroatoms. The van der Waals surface area contributed by atoms with Gasteiger partial charge in [-0.2, -0.15) is 8.78 Å². The quantitative estimate of drug-likeness (QED) is 0.450. The molecule has 2 amide bonds. The van der Waals surface area contributed by atoms with Gasteiger partial charge in [0.2, 0.25) is 5.91 Å². The molecule has 35 heavy (non-hydrogen) atoms. The van der Waals surface area contributed by atoms with Crippen molar-refractivity contribution in [2.24, 2.45) is 0 Å². The van der Waals surface area contributed by atoms with Gasteiger partial charge in [0, 0.05) is 25.1 Å². The summed E-state index contributed by atoms with van der Waals surface area (Å²) in [6.45, 7) is 0.528. The van der Waals surface area contributed by atoms with Gasteiger partial charge in [-0.05, 0) is 42.0 Å². The van der Waals surface area contributed by atoms with E-state index in [4.69, 9.17) is 0 Å². The first-order valence-corrected chi connectivity index (χ1v) is 11.0. The molecule has 1 saturated heterocycles. The Morgan fingerprint density at radius 2 is 1.77 bits per heavy atom. The fourth-order valence-corrected chi connectivity index (χ4v) is 4.46. The van der Waals surface area contributed by atoms with E-state index in [0.29, 0.717) is 23.9 Å². The third kappa shape index (κ3) is 4.25. The van der Waals surface area contributed by atoms with Crippen LogP contribution in [0.5, 0.6) is 0 Å². The molecule has 0 saturated carbocycles. The van der Waals surface area contributed by atoms with Crippen molar-refractivity contribution in [2.75, 3.05) is 4.90 Å². The molecule has 1 aliphatic heterocycles.